The minimum absolute atomic E-state index is 0.00705. The molecule has 118 valence electrons. The van der Waals surface area contributed by atoms with Crippen LogP contribution in [0.1, 0.15) is 16.7 Å². The molecular formula is C18H18N2O3. The summed E-state index contributed by atoms with van der Waals surface area (Å²) in [4.78, 5) is 24.0. The molecular weight excluding hydrogens is 292 g/mol. The van der Waals surface area contributed by atoms with Crippen LogP contribution in [0.25, 0.3) is 6.08 Å². The van der Waals surface area contributed by atoms with E-state index < -0.39 is 4.92 Å². The molecule has 0 saturated heterocycles. The van der Waals surface area contributed by atoms with Crippen molar-refractivity contribution in [2.75, 3.05) is 7.05 Å². The fourth-order valence-corrected chi connectivity index (χ4v) is 2.08. The normalized spacial score (nSPS) is 10.7. The highest BCUT2D eigenvalue weighted by molar-refractivity contribution is 5.91. The summed E-state index contributed by atoms with van der Waals surface area (Å²) in [5.41, 5.74) is 2.85. The molecule has 0 N–H and O–H groups in total. The van der Waals surface area contributed by atoms with E-state index in [0.717, 1.165) is 5.56 Å². The van der Waals surface area contributed by atoms with Gasteiger partial charge >= 0.3 is 0 Å². The van der Waals surface area contributed by atoms with Gasteiger partial charge in [-0.1, -0.05) is 42.0 Å². The molecule has 2 aromatic rings. The number of hydrogen-bond acceptors (Lipinski definition) is 3. The average Bonchev–Trinajstić information content (AvgIpc) is 2.55. The molecule has 1 amide bonds. The van der Waals surface area contributed by atoms with E-state index in [0.29, 0.717) is 12.1 Å². The number of rotatable bonds is 5. The maximum atomic E-state index is 12.1. The quantitative estimate of drug-likeness (QED) is 0.482. The van der Waals surface area contributed by atoms with Crippen LogP contribution >= 0.6 is 0 Å². The van der Waals surface area contributed by atoms with Crippen LogP contribution in [0.2, 0.25) is 0 Å². The fraction of sp³-hybridized carbons (Fsp3) is 0.167. The number of nitro benzene ring substituents is 1. The second-order valence-corrected chi connectivity index (χ2v) is 5.37. The summed E-state index contributed by atoms with van der Waals surface area (Å²) in [6.45, 7) is 2.53. The van der Waals surface area contributed by atoms with Crippen molar-refractivity contribution in [2.45, 2.75) is 13.5 Å². The highest BCUT2D eigenvalue weighted by Crippen LogP contribution is 2.14. The van der Waals surface area contributed by atoms with Gasteiger partial charge in [-0.05, 0) is 24.1 Å². The van der Waals surface area contributed by atoms with Gasteiger partial charge in [0.25, 0.3) is 5.69 Å². The summed E-state index contributed by atoms with van der Waals surface area (Å²) >= 11 is 0. The summed E-state index contributed by atoms with van der Waals surface area (Å²) < 4.78 is 0. The van der Waals surface area contributed by atoms with Crippen molar-refractivity contribution in [3.8, 4) is 0 Å². The Labute approximate surface area is 135 Å². The summed E-state index contributed by atoms with van der Waals surface area (Å²) in [5, 5.41) is 10.7. The molecule has 5 heteroatoms. The molecule has 0 spiro atoms. The molecule has 0 aliphatic heterocycles. The SMILES string of the molecule is Cc1ccc(CN(C)C(=O)/C=C/c2cccc([N+](=O)[O-])c2)cc1. The van der Waals surface area contributed by atoms with E-state index in [2.05, 4.69) is 0 Å². The molecule has 2 rings (SSSR count). The van der Waals surface area contributed by atoms with Gasteiger partial charge in [0.1, 0.15) is 0 Å². The van der Waals surface area contributed by atoms with Crippen LogP contribution in [0.4, 0.5) is 5.69 Å². The first kappa shape index (κ1) is 16.4. The van der Waals surface area contributed by atoms with Gasteiger partial charge in [-0.25, -0.2) is 0 Å². The Balaban J connectivity index is 2.01. The van der Waals surface area contributed by atoms with E-state index >= 15 is 0 Å². The zero-order chi connectivity index (χ0) is 16.8. The van der Waals surface area contributed by atoms with Gasteiger partial charge in [-0.3, -0.25) is 14.9 Å². The highest BCUT2D eigenvalue weighted by atomic mass is 16.6. The van der Waals surface area contributed by atoms with Crippen molar-refractivity contribution < 1.29 is 9.72 Å². The van der Waals surface area contributed by atoms with Gasteiger partial charge in [-0.15, -0.1) is 0 Å². The molecule has 0 atom stereocenters. The maximum absolute atomic E-state index is 12.1. The smallest absolute Gasteiger partial charge is 0.270 e. The maximum Gasteiger partial charge on any atom is 0.270 e. The van der Waals surface area contributed by atoms with Crippen molar-refractivity contribution in [1.82, 2.24) is 4.90 Å². The molecule has 0 aliphatic carbocycles. The number of carbonyl (C=O) groups is 1. The van der Waals surface area contributed by atoms with Crippen molar-refractivity contribution in [3.05, 3.63) is 81.4 Å². The van der Waals surface area contributed by atoms with Gasteiger partial charge in [0.2, 0.25) is 5.91 Å². The van der Waals surface area contributed by atoms with Crippen LogP contribution in [0.5, 0.6) is 0 Å². The third kappa shape index (κ3) is 4.78. The standard InChI is InChI=1S/C18H18N2O3/c1-14-6-8-16(9-7-14)13-19(2)18(21)11-10-15-4-3-5-17(12-15)20(22)23/h3-12H,13H2,1-2H3/b11-10+. The minimum atomic E-state index is -0.456. The van der Waals surface area contributed by atoms with E-state index in [1.165, 1.54) is 23.8 Å². The average molecular weight is 310 g/mol. The highest BCUT2D eigenvalue weighted by Gasteiger charge is 2.07. The Kier molecular flexibility index (Phi) is 5.25. The molecule has 0 fully saturated rings. The van der Waals surface area contributed by atoms with E-state index in [1.807, 2.05) is 31.2 Å². The van der Waals surface area contributed by atoms with E-state index in [-0.39, 0.29) is 11.6 Å². The zero-order valence-electron chi connectivity index (χ0n) is 13.1. The van der Waals surface area contributed by atoms with Gasteiger partial charge in [0, 0.05) is 31.8 Å². The van der Waals surface area contributed by atoms with Gasteiger partial charge < -0.3 is 4.90 Å². The van der Waals surface area contributed by atoms with E-state index in [9.17, 15) is 14.9 Å². The number of benzene rings is 2. The molecule has 0 saturated carbocycles. The minimum Gasteiger partial charge on any atom is -0.338 e. The Morgan fingerprint density at radius 1 is 1.22 bits per heavy atom. The molecule has 23 heavy (non-hydrogen) atoms. The van der Waals surface area contributed by atoms with E-state index in [1.54, 1.807) is 30.2 Å². The van der Waals surface area contributed by atoms with Crippen molar-refractivity contribution in [1.29, 1.82) is 0 Å². The zero-order valence-corrected chi connectivity index (χ0v) is 13.1. The Morgan fingerprint density at radius 3 is 2.57 bits per heavy atom. The lowest BCUT2D eigenvalue weighted by molar-refractivity contribution is -0.384. The Bertz CT molecular complexity index is 736. The summed E-state index contributed by atoms with van der Waals surface area (Å²) in [7, 11) is 1.72. The molecule has 0 aromatic heterocycles. The van der Waals surface area contributed by atoms with Gasteiger partial charge in [0.05, 0.1) is 4.92 Å². The largest absolute Gasteiger partial charge is 0.338 e. The van der Waals surface area contributed by atoms with Crippen LogP contribution in [0.15, 0.2) is 54.6 Å². The number of amides is 1. The lowest BCUT2D eigenvalue weighted by Crippen LogP contribution is -2.24. The first-order valence-electron chi connectivity index (χ1n) is 7.19. The molecule has 5 nitrogen and oxygen atoms in total. The van der Waals surface area contributed by atoms with Crippen LogP contribution in [0, 0.1) is 17.0 Å². The molecule has 0 radical (unpaired) electrons. The van der Waals surface area contributed by atoms with Gasteiger partial charge in [0.15, 0.2) is 0 Å². The van der Waals surface area contributed by atoms with Crippen molar-refractivity contribution in [3.63, 3.8) is 0 Å². The first-order valence-corrected chi connectivity index (χ1v) is 7.19. The third-order valence-corrected chi connectivity index (χ3v) is 3.42. The number of carbonyl (C=O) groups excluding carboxylic acids is 1. The van der Waals surface area contributed by atoms with Crippen molar-refractivity contribution >= 4 is 17.7 Å². The third-order valence-electron chi connectivity index (χ3n) is 3.42. The van der Waals surface area contributed by atoms with Crippen molar-refractivity contribution in [2.24, 2.45) is 0 Å². The number of hydrogen-bond donors (Lipinski definition) is 0. The molecule has 2 aromatic carbocycles. The Morgan fingerprint density at radius 2 is 1.91 bits per heavy atom. The van der Waals surface area contributed by atoms with Gasteiger partial charge in [-0.2, -0.15) is 0 Å². The van der Waals surface area contributed by atoms with Crippen LogP contribution < -0.4 is 0 Å². The predicted molar refractivity (Wildman–Crippen MR) is 89.8 cm³/mol. The number of aryl methyl sites for hydroxylation is 1. The summed E-state index contributed by atoms with van der Waals surface area (Å²) in [6, 6.07) is 14.2. The second kappa shape index (κ2) is 7.35. The van der Waals surface area contributed by atoms with Crippen LogP contribution in [-0.4, -0.2) is 22.8 Å². The Hall–Kier alpha value is -2.95. The number of nitrogens with zero attached hydrogens (tertiary/aromatic N) is 2. The first-order chi connectivity index (χ1) is 11.0. The summed E-state index contributed by atoms with van der Waals surface area (Å²) in [6.07, 6.45) is 3.01. The van der Waals surface area contributed by atoms with Crippen LogP contribution in [-0.2, 0) is 11.3 Å². The monoisotopic (exact) mass is 310 g/mol. The second-order valence-electron chi connectivity index (χ2n) is 5.37. The molecule has 0 aliphatic rings. The fourth-order valence-electron chi connectivity index (χ4n) is 2.08. The number of nitro groups is 1. The lowest BCUT2D eigenvalue weighted by atomic mass is 10.1. The number of likely N-dealkylation sites (N-methyl/N-ethyl adjacent to an activating group) is 1. The lowest BCUT2D eigenvalue weighted by Gasteiger charge is -2.15. The predicted octanol–water partition coefficient (Wildman–Crippen LogP) is 3.58. The topological polar surface area (TPSA) is 63.5 Å². The summed E-state index contributed by atoms with van der Waals surface area (Å²) in [5.74, 6) is -0.155. The van der Waals surface area contributed by atoms with E-state index in [4.69, 9.17) is 0 Å². The molecule has 0 bridgehead atoms. The molecule has 0 heterocycles. The molecule has 0 unspecified atom stereocenters. The number of non-ortho nitro benzene ring substituents is 1. The van der Waals surface area contributed by atoms with Crippen LogP contribution in [0.3, 0.4) is 0 Å².